The molecule has 0 fully saturated rings. The third-order valence-electron chi connectivity index (χ3n) is 4.97. The standard InChI is InChI=1S/C20H23ClN6O3/c1-12-19(14(3)26(23-12)11-16-5-7-17(21)8-6-16)22-18(28)9-10-25-15(4)20(27(29)30)13(2)24-25/h5-8H,9-11H2,1-4H3,(H,22,28). The van der Waals surface area contributed by atoms with Crippen LogP contribution in [0, 0.1) is 37.8 Å². The highest BCUT2D eigenvalue weighted by atomic mass is 35.5. The van der Waals surface area contributed by atoms with Crippen molar-refractivity contribution in [3.63, 3.8) is 0 Å². The van der Waals surface area contributed by atoms with Gasteiger partial charge in [-0.1, -0.05) is 23.7 Å². The van der Waals surface area contributed by atoms with E-state index >= 15 is 0 Å². The monoisotopic (exact) mass is 430 g/mol. The van der Waals surface area contributed by atoms with Crippen molar-refractivity contribution in [2.24, 2.45) is 0 Å². The number of nitrogens with zero attached hydrogens (tertiary/aromatic N) is 5. The third kappa shape index (κ3) is 4.51. The second-order valence-corrected chi connectivity index (χ2v) is 7.56. The first-order valence-electron chi connectivity index (χ1n) is 9.44. The molecule has 0 atom stereocenters. The van der Waals surface area contributed by atoms with E-state index in [1.807, 2.05) is 42.8 Å². The summed E-state index contributed by atoms with van der Waals surface area (Å²) < 4.78 is 3.33. The van der Waals surface area contributed by atoms with Crippen molar-refractivity contribution in [2.45, 2.75) is 47.2 Å². The first kappa shape index (κ1) is 21.5. The fourth-order valence-electron chi connectivity index (χ4n) is 3.37. The highest BCUT2D eigenvalue weighted by Gasteiger charge is 2.22. The van der Waals surface area contributed by atoms with Crippen LogP contribution in [-0.2, 0) is 17.9 Å². The molecule has 30 heavy (non-hydrogen) atoms. The highest BCUT2D eigenvalue weighted by molar-refractivity contribution is 6.30. The van der Waals surface area contributed by atoms with Gasteiger partial charge in [0.1, 0.15) is 11.4 Å². The summed E-state index contributed by atoms with van der Waals surface area (Å²) in [5, 5.41) is 23.4. The molecule has 0 bridgehead atoms. The molecule has 0 saturated carbocycles. The van der Waals surface area contributed by atoms with Crippen LogP contribution in [0.4, 0.5) is 11.4 Å². The zero-order valence-corrected chi connectivity index (χ0v) is 18.0. The molecule has 3 rings (SSSR count). The summed E-state index contributed by atoms with van der Waals surface area (Å²) in [6, 6.07) is 7.53. The summed E-state index contributed by atoms with van der Waals surface area (Å²) in [5.41, 5.74) is 4.06. The van der Waals surface area contributed by atoms with Gasteiger partial charge in [0, 0.05) is 11.4 Å². The minimum atomic E-state index is -0.448. The Morgan fingerprint density at radius 2 is 1.70 bits per heavy atom. The fraction of sp³-hybridized carbons (Fsp3) is 0.350. The summed E-state index contributed by atoms with van der Waals surface area (Å²) >= 11 is 5.93. The Balaban J connectivity index is 1.67. The van der Waals surface area contributed by atoms with E-state index < -0.39 is 4.92 Å². The van der Waals surface area contributed by atoms with Gasteiger partial charge in [-0.15, -0.1) is 0 Å². The van der Waals surface area contributed by atoms with E-state index in [9.17, 15) is 14.9 Å². The summed E-state index contributed by atoms with van der Waals surface area (Å²) in [4.78, 5) is 23.2. The van der Waals surface area contributed by atoms with Gasteiger partial charge in [0.05, 0.1) is 35.1 Å². The molecule has 10 heteroatoms. The Labute approximate surface area is 178 Å². The van der Waals surface area contributed by atoms with Gasteiger partial charge in [-0.3, -0.25) is 24.3 Å². The van der Waals surface area contributed by atoms with Crippen LogP contribution in [-0.4, -0.2) is 30.4 Å². The minimum absolute atomic E-state index is 0.00873. The molecule has 1 amide bonds. The van der Waals surface area contributed by atoms with Crippen LogP contribution in [0.1, 0.15) is 34.8 Å². The lowest BCUT2D eigenvalue weighted by molar-refractivity contribution is -0.386. The largest absolute Gasteiger partial charge is 0.323 e. The molecule has 0 spiro atoms. The molecule has 2 aromatic heterocycles. The van der Waals surface area contributed by atoms with Gasteiger partial charge >= 0.3 is 5.69 Å². The number of hydrogen-bond acceptors (Lipinski definition) is 5. The zero-order valence-electron chi connectivity index (χ0n) is 17.3. The second kappa shape index (κ2) is 8.66. The predicted octanol–water partition coefficient (Wildman–Crippen LogP) is 3.95. The van der Waals surface area contributed by atoms with E-state index in [1.165, 1.54) is 4.68 Å². The number of amides is 1. The van der Waals surface area contributed by atoms with Crippen LogP contribution in [0.3, 0.4) is 0 Å². The van der Waals surface area contributed by atoms with Crippen molar-refractivity contribution in [3.8, 4) is 0 Å². The van der Waals surface area contributed by atoms with Crippen LogP contribution >= 0.6 is 11.6 Å². The Bertz CT molecular complexity index is 1100. The van der Waals surface area contributed by atoms with Crippen molar-refractivity contribution >= 4 is 28.9 Å². The van der Waals surface area contributed by atoms with E-state index in [0.29, 0.717) is 28.6 Å². The van der Waals surface area contributed by atoms with Crippen molar-refractivity contribution < 1.29 is 9.72 Å². The van der Waals surface area contributed by atoms with Crippen LogP contribution in [0.15, 0.2) is 24.3 Å². The van der Waals surface area contributed by atoms with E-state index in [0.717, 1.165) is 17.0 Å². The number of nitrogens with one attached hydrogen (secondary N) is 1. The lowest BCUT2D eigenvalue weighted by Gasteiger charge is -2.08. The maximum Gasteiger partial charge on any atom is 0.312 e. The highest BCUT2D eigenvalue weighted by Crippen LogP contribution is 2.23. The summed E-state index contributed by atoms with van der Waals surface area (Å²) in [5.74, 6) is -0.206. The second-order valence-electron chi connectivity index (χ2n) is 7.13. The molecule has 1 N–H and O–H groups in total. The normalized spacial score (nSPS) is 11.0. The molecular formula is C20H23ClN6O3. The zero-order chi connectivity index (χ0) is 22.0. The van der Waals surface area contributed by atoms with Crippen LogP contribution < -0.4 is 5.32 Å². The SMILES string of the molecule is Cc1nn(Cc2ccc(Cl)cc2)c(C)c1NC(=O)CCn1nc(C)c([N+](=O)[O-])c1C. The van der Waals surface area contributed by atoms with E-state index in [-0.39, 0.29) is 24.6 Å². The van der Waals surface area contributed by atoms with Gasteiger partial charge in [0.2, 0.25) is 5.91 Å². The van der Waals surface area contributed by atoms with Crippen LogP contribution in [0.25, 0.3) is 0 Å². The summed E-state index contributed by atoms with van der Waals surface area (Å²) in [7, 11) is 0. The molecule has 158 valence electrons. The summed E-state index contributed by atoms with van der Waals surface area (Å²) in [6.07, 6.45) is 0.139. The van der Waals surface area contributed by atoms with E-state index in [4.69, 9.17) is 11.6 Å². The minimum Gasteiger partial charge on any atom is -0.323 e. The quantitative estimate of drug-likeness (QED) is 0.451. The molecule has 0 aliphatic heterocycles. The topological polar surface area (TPSA) is 108 Å². The Hall–Kier alpha value is -3.20. The number of aromatic nitrogens is 4. The molecule has 0 radical (unpaired) electrons. The number of aryl methyl sites for hydroxylation is 3. The molecular weight excluding hydrogens is 408 g/mol. The molecule has 9 nitrogen and oxygen atoms in total. The van der Waals surface area contributed by atoms with Gasteiger partial charge in [-0.25, -0.2) is 0 Å². The Morgan fingerprint density at radius 3 is 2.30 bits per heavy atom. The first-order valence-corrected chi connectivity index (χ1v) is 9.82. The van der Waals surface area contributed by atoms with Gasteiger partial charge in [0.25, 0.3) is 0 Å². The van der Waals surface area contributed by atoms with Crippen LogP contribution in [0.5, 0.6) is 0 Å². The van der Waals surface area contributed by atoms with Gasteiger partial charge < -0.3 is 5.32 Å². The van der Waals surface area contributed by atoms with Crippen molar-refractivity contribution in [3.05, 3.63) is 67.7 Å². The number of carbonyl (C=O) groups excluding carboxylic acids is 1. The van der Waals surface area contributed by atoms with Gasteiger partial charge in [-0.2, -0.15) is 10.2 Å². The first-order chi connectivity index (χ1) is 14.2. The lowest BCUT2D eigenvalue weighted by Crippen LogP contribution is -2.16. The molecule has 0 unspecified atom stereocenters. The molecule has 2 heterocycles. The number of hydrogen-bond donors (Lipinski definition) is 1. The van der Waals surface area contributed by atoms with E-state index in [1.54, 1.807) is 13.8 Å². The number of halogens is 1. The van der Waals surface area contributed by atoms with Gasteiger partial charge in [0.15, 0.2) is 0 Å². The molecule has 0 aliphatic carbocycles. The number of nitro groups is 1. The molecule has 3 aromatic rings. The Kier molecular flexibility index (Phi) is 6.21. The number of rotatable bonds is 7. The van der Waals surface area contributed by atoms with Crippen LogP contribution in [0.2, 0.25) is 5.02 Å². The number of anilines is 1. The van der Waals surface area contributed by atoms with Crippen molar-refractivity contribution in [2.75, 3.05) is 5.32 Å². The number of benzene rings is 1. The maximum atomic E-state index is 12.5. The number of carbonyl (C=O) groups is 1. The Morgan fingerprint density at radius 1 is 1.07 bits per heavy atom. The lowest BCUT2D eigenvalue weighted by atomic mass is 10.2. The predicted molar refractivity (Wildman–Crippen MR) is 114 cm³/mol. The van der Waals surface area contributed by atoms with E-state index in [2.05, 4.69) is 15.5 Å². The van der Waals surface area contributed by atoms with Crippen molar-refractivity contribution in [1.82, 2.24) is 19.6 Å². The average Bonchev–Trinajstić information content (AvgIpc) is 3.11. The third-order valence-corrected chi connectivity index (χ3v) is 5.22. The summed E-state index contributed by atoms with van der Waals surface area (Å²) in [6.45, 7) is 7.77. The molecule has 1 aromatic carbocycles. The smallest absolute Gasteiger partial charge is 0.312 e. The fourth-order valence-corrected chi connectivity index (χ4v) is 3.50. The van der Waals surface area contributed by atoms with Gasteiger partial charge in [-0.05, 0) is 45.4 Å². The maximum absolute atomic E-state index is 12.5. The molecule has 0 saturated heterocycles. The van der Waals surface area contributed by atoms with Crippen molar-refractivity contribution in [1.29, 1.82) is 0 Å². The average molecular weight is 431 g/mol. The molecule has 0 aliphatic rings.